The lowest BCUT2D eigenvalue weighted by atomic mass is 9.75. The van der Waals surface area contributed by atoms with Gasteiger partial charge in [-0.2, -0.15) is 5.10 Å². The molecule has 1 fully saturated rings. The molecule has 1 aliphatic carbocycles. The van der Waals surface area contributed by atoms with Crippen LogP contribution in [0.4, 0.5) is 0 Å². The van der Waals surface area contributed by atoms with Gasteiger partial charge in [0.25, 0.3) is 0 Å². The van der Waals surface area contributed by atoms with Crippen molar-refractivity contribution in [2.24, 2.45) is 7.05 Å². The minimum Gasteiger partial charge on any atom is -0.328 e. The Morgan fingerprint density at radius 2 is 2.11 bits per heavy atom. The number of nitrogens with zero attached hydrogens (tertiary/aromatic N) is 4. The Hall–Kier alpha value is -1.14. The molecule has 0 saturated heterocycles. The smallest absolute Gasteiger partial charge is 0.179 e. The molecule has 6 heteroatoms. The molecule has 0 aliphatic heterocycles. The lowest BCUT2D eigenvalue weighted by Crippen LogP contribution is -2.53. The second-order valence-electron chi connectivity index (χ2n) is 5.90. The molecule has 104 valence electrons. The van der Waals surface area contributed by atoms with E-state index < -0.39 is 0 Å². The van der Waals surface area contributed by atoms with Crippen molar-refractivity contribution in [2.75, 3.05) is 14.1 Å². The second-order valence-corrected chi connectivity index (χ2v) is 6.28. The third-order valence-electron chi connectivity index (χ3n) is 4.61. The van der Waals surface area contributed by atoms with Crippen LogP contribution in [0.3, 0.4) is 0 Å². The largest absolute Gasteiger partial charge is 0.328 e. The van der Waals surface area contributed by atoms with E-state index in [-0.39, 0.29) is 5.54 Å². The molecule has 0 spiro atoms. The number of nitrogens with one attached hydrogen (secondary N) is 1. The third-order valence-corrected chi connectivity index (χ3v) is 4.93. The molecule has 19 heavy (non-hydrogen) atoms. The van der Waals surface area contributed by atoms with Gasteiger partial charge in [-0.05, 0) is 52.5 Å². The molecule has 3 rings (SSSR count). The second kappa shape index (κ2) is 4.18. The highest BCUT2D eigenvalue weighted by Gasteiger charge is 2.40. The maximum Gasteiger partial charge on any atom is 0.179 e. The summed E-state index contributed by atoms with van der Waals surface area (Å²) in [6.45, 7) is 2.96. The van der Waals surface area contributed by atoms with E-state index in [4.69, 9.17) is 12.2 Å². The average molecular weight is 279 g/mol. The molecule has 0 amide bonds. The zero-order chi connectivity index (χ0) is 13.8. The summed E-state index contributed by atoms with van der Waals surface area (Å²) in [4.78, 5) is 5.65. The van der Waals surface area contributed by atoms with Crippen LogP contribution in [0.15, 0.2) is 0 Å². The number of hydrogen-bond acceptors (Lipinski definition) is 3. The number of imidazole rings is 1. The normalized spacial score (nSPS) is 18.2. The summed E-state index contributed by atoms with van der Waals surface area (Å²) in [7, 11) is 6.32. The Bertz CT molecular complexity index is 671. The fraction of sp³-hybridized carbons (Fsp3) is 0.692. The quantitative estimate of drug-likeness (QED) is 0.876. The zero-order valence-electron chi connectivity index (χ0n) is 12.0. The Labute approximate surface area is 118 Å². The van der Waals surface area contributed by atoms with Crippen LogP contribution in [0.1, 0.15) is 25.0 Å². The molecule has 1 saturated carbocycles. The minimum atomic E-state index is 0.255. The van der Waals surface area contributed by atoms with E-state index in [0.717, 1.165) is 28.2 Å². The summed E-state index contributed by atoms with van der Waals surface area (Å²) < 4.78 is 4.95. The average Bonchev–Trinajstić information content (AvgIpc) is 2.72. The molecule has 0 atom stereocenters. The van der Waals surface area contributed by atoms with Crippen LogP contribution < -0.4 is 0 Å². The first-order valence-electron chi connectivity index (χ1n) is 6.74. The van der Waals surface area contributed by atoms with Gasteiger partial charge in [0.05, 0.1) is 5.69 Å². The highest BCUT2D eigenvalue weighted by Crippen LogP contribution is 2.38. The fourth-order valence-electron chi connectivity index (χ4n) is 3.15. The molecule has 0 aromatic carbocycles. The number of aromatic nitrogens is 4. The standard InChI is InChI=1S/C13H21N5S/c1-9-10-11(17(4)15-9)18(12(19)14-10)8-13(16(2)3)6-5-7-13/h5-8H2,1-4H3,(H,14,19). The van der Waals surface area contributed by atoms with Gasteiger partial charge in [-0.3, -0.25) is 9.25 Å². The van der Waals surface area contributed by atoms with Crippen molar-refractivity contribution < 1.29 is 0 Å². The van der Waals surface area contributed by atoms with Gasteiger partial charge in [-0.25, -0.2) is 0 Å². The van der Waals surface area contributed by atoms with Crippen LogP contribution in [0.5, 0.6) is 0 Å². The summed E-state index contributed by atoms with van der Waals surface area (Å²) >= 11 is 5.50. The molecule has 0 radical (unpaired) electrons. The van der Waals surface area contributed by atoms with Gasteiger partial charge >= 0.3 is 0 Å². The molecule has 2 aromatic heterocycles. The van der Waals surface area contributed by atoms with Crippen molar-refractivity contribution in [1.82, 2.24) is 24.2 Å². The van der Waals surface area contributed by atoms with Crippen LogP contribution in [0.25, 0.3) is 11.2 Å². The predicted molar refractivity (Wildman–Crippen MR) is 78.9 cm³/mol. The van der Waals surface area contributed by atoms with Crippen LogP contribution in [0.2, 0.25) is 0 Å². The van der Waals surface area contributed by atoms with E-state index in [1.54, 1.807) is 0 Å². The topological polar surface area (TPSA) is 41.8 Å². The lowest BCUT2D eigenvalue weighted by Gasteiger charge is -2.47. The maximum atomic E-state index is 5.50. The SMILES string of the molecule is Cc1nn(C)c2c1[nH]c(=S)n2CC1(N(C)C)CCC1. The van der Waals surface area contributed by atoms with Gasteiger partial charge in [-0.15, -0.1) is 0 Å². The summed E-state index contributed by atoms with van der Waals surface area (Å²) in [6, 6.07) is 0. The number of fused-ring (bicyclic) bond motifs is 1. The lowest BCUT2D eigenvalue weighted by molar-refractivity contribution is 0.0428. The van der Waals surface area contributed by atoms with Crippen molar-refractivity contribution in [3.8, 4) is 0 Å². The first kappa shape index (κ1) is 12.9. The Balaban J connectivity index is 2.10. The monoisotopic (exact) mass is 279 g/mol. The zero-order valence-corrected chi connectivity index (χ0v) is 12.8. The minimum absolute atomic E-state index is 0.255. The highest BCUT2D eigenvalue weighted by atomic mass is 32.1. The highest BCUT2D eigenvalue weighted by molar-refractivity contribution is 7.71. The van der Waals surface area contributed by atoms with E-state index in [2.05, 4.69) is 33.6 Å². The van der Waals surface area contributed by atoms with E-state index in [0.29, 0.717) is 0 Å². The Morgan fingerprint density at radius 3 is 2.63 bits per heavy atom. The van der Waals surface area contributed by atoms with Crippen LogP contribution in [0, 0.1) is 11.7 Å². The molecule has 0 unspecified atom stereocenters. The van der Waals surface area contributed by atoms with Crippen molar-refractivity contribution >= 4 is 23.4 Å². The van der Waals surface area contributed by atoms with Crippen molar-refractivity contribution in [2.45, 2.75) is 38.3 Å². The fourth-order valence-corrected chi connectivity index (χ4v) is 3.40. The van der Waals surface area contributed by atoms with Gasteiger partial charge in [0, 0.05) is 19.1 Å². The number of aromatic amines is 1. The molecule has 0 bridgehead atoms. The molecule has 1 aliphatic rings. The Morgan fingerprint density at radius 1 is 1.42 bits per heavy atom. The third kappa shape index (κ3) is 1.77. The van der Waals surface area contributed by atoms with Gasteiger partial charge in [-0.1, -0.05) is 0 Å². The van der Waals surface area contributed by atoms with Crippen molar-refractivity contribution in [1.29, 1.82) is 0 Å². The predicted octanol–water partition coefficient (Wildman–Crippen LogP) is 2.23. The molecule has 2 heterocycles. The number of likely N-dealkylation sites (N-methyl/N-ethyl adjacent to an activating group) is 1. The molecular formula is C13H21N5S. The van der Waals surface area contributed by atoms with Gasteiger partial charge in [0.1, 0.15) is 5.52 Å². The van der Waals surface area contributed by atoms with E-state index in [9.17, 15) is 0 Å². The number of rotatable bonds is 3. The summed E-state index contributed by atoms with van der Waals surface area (Å²) in [5.74, 6) is 0. The van der Waals surface area contributed by atoms with E-state index in [1.807, 2.05) is 18.7 Å². The van der Waals surface area contributed by atoms with Gasteiger partial charge < -0.3 is 9.88 Å². The molecule has 2 aromatic rings. The van der Waals surface area contributed by atoms with Gasteiger partial charge in [0.2, 0.25) is 0 Å². The maximum absolute atomic E-state index is 5.50. The molecular weight excluding hydrogens is 258 g/mol. The number of aryl methyl sites for hydroxylation is 2. The summed E-state index contributed by atoms with van der Waals surface area (Å²) in [5.41, 5.74) is 3.44. The summed E-state index contributed by atoms with van der Waals surface area (Å²) in [6.07, 6.45) is 3.79. The van der Waals surface area contributed by atoms with Crippen LogP contribution in [-0.4, -0.2) is 43.9 Å². The molecule has 5 nitrogen and oxygen atoms in total. The summed E-state index contributed by atoms with van der Waals surface area (Å²) in [5, 5.41) is 4.48. The first-order valence-corrected chi connectivity index (χ1v) is 7.15. The van der Waals surface area contributed by atoms with Gasteiger partial charge in [0.15, 0.2) is 10.4 Å². The molecule has 1 N–H and O–H groups in total. The van der Waals surface area contributed by atoms with Crippen LogP contribution >= 0.6 is 12.2 Å². The van der Waals surface area contributed by atoms with E-state index >= 15 is 0 Å². The van der Waals surface area contributed by atoms with E-state index in [1.165, 1.54) is 19.3 Å². The van der Waals surface area contributed by atoms with Crippen molar-refractivity contribution in [3.05, 3.63) is 10.5 Å². The van der Waals surface area contributed by atoms with Crippen LogP contribution in [-0.2, 0) is 13.6 Å². The first-order chi connectivity index (χ1) is 8.94. The number of H-pyrrole nitrogens is 1. The Kier molecular flexibility index (Phi) is 2.83. The van der Waals surface area contributed by atoms with Crippen molar-refractivity contribution in [3.63, 3.8) is 0 Å². The number of hydrogen-bond donors (Lipinski definition) is 1.